The highest BCUT2D eigenvalue weighted by Crippen LogP contribution is 2.14. The van der Waals surface area contributed by atoms with E-state index in [1.807, 2.05) is 36.8 Å². The summed E-state index contributed by atoms with van der Waals surface area (Å²) in [5.41, 5.74) is 3.59. The van der Waals surface area contributed by atoms with Gasteiger partial charge < -0.3 is 15.2 Å². The number of halogens is 2. The Morgan fingerprint density at radius 3 is 2.68 bits per heavy atom. The van der Waals surface area contributed by atoms with Crippen LogP contribution < -0.4 is 10.6 Å². The second kappa shape index (κ2) is 11.7. The largest absolute Gasteiger partial charge is 0.356 e. The normalized spacial score (nSPS) is 11.0. The minimum absolute atomic E-state index is 0. The van der Waals surface area contributed by atoms with Crippen molar-refractivity contribution in [2.75, 3.05) is 13.6 Å². The van der Waals surface area contributed by atoms with Crippen molar-refractivity contribution in [3.63, 3.8) is 0 Å². The molecule has 2 aromatic carbocycles. The van der Waals surface area contributed by atoms with Crippen molar-refractivity contribution in [2.24, 2.45) is 4.99 Å². The molecular formula is C21H25ClIN5. The molecule has 0 amide bonds. The number of benzene rings is 2. The highest BCUT2D eigenvalue weighted by molar-refractivity contribution is 14.0. The number of aliphatic imine (C=N–C) groups is 1. The van der Waals surface area contributed by atoms with Gasteiger partial charge in [-0.25, -0.2) is 4.98 Å². The smallest absolute Gasteiger partial charge is 0.191 e. The molecule has 7 heteroatoms. The predicted octanol–water partition coefficient (Wildman–Crippen LogP) is 4.11. The van der Waals surface area contributed by atoms with Gasteiger partial charge in [-0.05, 0) is 29.2 Å². The SMILES string of the molecule is CN=C(NCCc1ccccc1Cl)NCc1cccc(Cn2ccnc2)c1.I. The number of hydrogen-bond donors (Lipinski definition) is 2. The molecule has 1 heterocycles. The number of rotatable bonds is 7. The summed E-state index contributed by atoms with van der Waals surface area (Å²) in [6.07, 6.45) is 6.44. The lowest BCUT2D eigenvalue weighted by Gasteiger charge is -2.13. The molecule has 28 heavy (non-hydrogen) atoms. The summed E-state index contributed by atoms with van der Waals surface area (Å²) < 4.78 is 2.06. The first-order valence-corrected chi connectivity index (χ1v) is 9.34. The lowest BCUT2D eigenvalue weighted by molar-refractivity contribution is 0.783. The first-order chi connectivity index (χ1) is 13.2. The van der Waals surface area contributed by atoms with Crippen molar-refractivity contribution < 1.29 is 0 Å². The van der Waals surface area contributed by atoms with E-state index in [-0.39, 0.29) is 24.0 Å². The van der Waals surface area contributed by atoms with E-state index in [2.05, 4.69) is 49.4 Å². The molecule has 0 aliphatic rings. The van der Waals surface area contributed by atoms with Crippen LogP contribution in [0.15, 0.2) is 72.2 Å². The van der Waals surface area contributed by atoms with Crippen LogP contribution in [0.4, 0.5) is 0 Å². The Hall–Kier alpha value is -2.06. The van der Waals surface area contributed by atoms with Crippen LogP contribution in [0.2, 0.25) is 5.02 Å². The van der Waals surface area contributed by atoms with E-state index >= 15 is 0 Å². The summed E-state index contributed by atoms with van der Waals surface area (Å²) >= 11 is 6.20. The maximum Gasteiger partial charge on any atom is 0.191 e. The topological polar surface area (TPSA) is 54.2 Å². The van der Waals surface area contributed by atoms with Crippen LogP contribution in [0.1, 0.15) is 16.7 Å². The van der Waals surface area contributed by atoms with Crippen molar-refractivity contribution in [3.8, 4) is 0 Å². The highest BCUT2D eigenvalue weighted by atomic mass is 127. The minimum atomic E-state index is 0. The van der Waals surface area contributed by atoms with Gasteiger partial charge in [0.25, 0.3) is 0 Å². The minimum Gasteiger partial charge on any atom is -0.356 e. The van der Waals surface area contributed by atoms with Gasteiger partial charge in [0, 0.05) is 44.1 Å². The molecule has 0 unspecified atom stereocenters. The fourth-order valence-corrected chi connectivity index (χ4v) is 3.08. The molecule has 0 spiro atoms. The molecule has 0 saturated heterocycles. The summed E-state index contributed by atoms with van der Waals surface area (Å²) in [6.45, 7) is 2.30. The van der Waals surface area contributed by atoms with Gasteiger partial charge in [-0.15, -0.1) is 24.0 Å². The second-order valence-electron chi connectivity index (χ2n) is 6.25. The van der Waals surface area contributed by atoms with Crippen LogP contribution in [-0.2, 0) is 19.5 Å². The summed E-state index contributed by atoms with van der Waals surface area (Å²) in [6, 6.07) is 16.4. The van der Waals surface area contributed by atoms with E-state index in [0.29, 0.717) is 6.54 Å². The Balaban J connectivity index is 0.00000280. The van der Waals surface area contributed by atoms with E-state index in [1.54, 1.807) is 13.2 Å². The van der Waals surface area contributed by atoms with E-state index in [9.17, 15) is 0 Å². The molecule has 0 bridgehead atoms. The van der Waals surface area contributed by atoms with E-state index in [1.165, 1.54) is 11.1 Å². The van der Waals surface area contributed by atoms with Crippen molar-refractivity contribution in [3.05, 3.63) is 89.0 Å². The predicted molar refractivity (Wildman–Crippen MR) is 127 cm³/mol. The molecule has 148 valence electrons. The maximum absolute atomic E-state index is 6.20. The molecule has 2 N–H and O–H groups in total. The Morgan fingerprint density at radius 1 is 1.11 bits per heavy atom. The van der Waals surface area contributed by atoms with Gasteiger partial charge in [0.2, 0.25) is 0 Å². The van der Waals surface area contributed by atoms with Crippen molar-refractivity contribution in [2.45, 2.75) is 19.5 Å². The van der Waals surface area contributed by atoms with Gasteiger partial charge in [-0.1, -0.05) is 54.1 Å². The van der Waals surface area contributed by atoms with Crippen LogP contribution in [-0.4, -0.2) is 29.1 Å². The lowest BCUT2D eigenvalue weighted by atomic mass is 10.1. The Bertz CT molecular complexity index is 880. The number of nitrogens with zero attached hydrogens (tertiary/aromatic N) is 3. The highest BCUT2D eigenvalue weighted by Gasteiger charge is 2.02. The zero-order valence-electron chi connectivity index (χ0n) is 15.8. The molecule has 0 aliphatic carbocycles. The maximum atomic E-state index is 6.20. The van der Waals surface area contributed by atoms with Crippen LogP contribution in [0.3, 0.4) is 0 Å². The van der Waals surface area contributed by atoms with Crippen LogP contribution in [0.5, 0.6) is 0 Å². The van der Waals surface area contributed by atoms with Gasteiger partial charge in [-0.2, -0.15) is 0 Å². The van der Waals surface area contributed by atoms with Crippen LogP contribution in [0.25, 0.3) is 0 Å². The first-order valence-electron chi connectivity index (χ1n) is 8.96. The van der Waals surface area contributed by atoms with Crippen molar-refractivity contribution in [1.82, 2.24) is 20.2 Å². The molecule has 0 atom stereocenters. The molecule has 3 rings (SSSR count). The summed E-state index contributed by atoms with van der Waals surface area (Å²) in [5, 5.41) is 7.50. The zero-order valence-corrected chi connectivity index (χ0v) is 18.9. The zero-order chi connectivity index (χ0) is 18.9. The molecular weight excluding hydrogens is 485 g/mol. The van der Waals surface area contributed by atoms with Crippen LogP contribution in [0, 0.1) is 0 Å². The molecule has 0 aliphatic heterocycles. The molecule has 3 aromatic rings. The number of hydrogen-bond acceptors (Lipinski definition) is 2. The van der Waals surface area contributed by atoms with Crippen molar-refractivity contribution >= 4 is 41.5 Å². The quantitative estimate of drug-likeness (QED) is 0.286. The van der Waals surface area contributed by atoms with Gasteiger partial charge in [0.05, 0.1) is 6.33 Å². The first kappa shape index (κ1) is 22.2. The Kier molecular flexibility index (Phi) is 9.30. The number of nitrogens with one attached hydrogen (secondary N) is 2. The summed E-state index contributed by atoms with van der Waals surface area (Å²) in [7, 11) is 1.78. The molecule has 0 fully saturated rings. The van der Waals surface area contributed by atoms with E-state index < -0.39 is 0 Å². The van der Waals surface area contributed by atoms with E-state index in [4.69, 9.17) is 11.6 Å². The third-order valence-electron chi connectivity index (χ3n) is 4.24. The fraction of sp³-hybridized carbons (Fsp3) is 0.238. The monoisotopic (exact) mass is 509 g/mol. The molecule has 5 nitrogen and oxygen atoms in total. The fourth-order valence-electron chi connectivity index (χ4n) is 2.85. The van der Waals surface area contributed by atoms with Gasteiger partial charge in [-0.3, -0.25) is 4.99 Å². The third-order valence-corrected chi connectivity index (χ3v) is 4.61. The van der Waals surface area contributed by atoms with Crippen LogP contribution >= 0.6 is 35.6 Å². The molecule has 0 saturated carbocycles. The third kappa shape index (κ3) is 6.83. The number of aromatic nitrogens is 2. The second-order valence-corrected chi connectivity index (χ2v) is 6.66. The van der Waals surface area contributed by atoms with Gasteiger partial charge >= 0.3 is 0 Å². The molecule has 0 radical (unpaired) electrons. The Morgan fingerprint density at radius 2 is 1.93 bits per heavy atom. The summed E-state index contributed by atoms with van der Waals surface area (Å²) in [4.78, 5) is 8.37. The summed E-state index contributed by atoms with van der Waals surface area (Å²) in [5.74, 6) is 0.780. The van der Waals surface area contributed by atoms with Gasteiger partial charge in [0.15, 0.2) is 5.96 Å². The average molecular weight is 510 g/mol. The average Bonchev–Trinajstić information content (AvgIpc) is 3.19. The Labute approximate surface area is 188 Å². The van der Waals surface area contributed by atoms with E-state index in [0.717, 1.165) is 36.1 Å². The van der Waals surface area contributed by atoms with Crippen molar-refractivity contribution in [1.29, 1.82) is 0 Å². The van der Waals surface area contributed by atoms with Gasteiger partial charge in [0.1, 0.15) is 0 Å². The lowest BCUT2D eigenvalue weighted by Crippen LogP contribution is -2.37. The number of imidazole rings is 1. The standard InChI is InChI=1S/C21H24ClN5.HI/c1-23-21(25-10-9-19-7-2-3-8-20(19)22)26-14-17-5-4-6-18(13-17)15-27-12-11-24-16-27;/h2-8,11-13,16H,9-10,14-15H2,1H3,(H2,23,25,26);1H. The molecule has 1 aromatic heterocycles. The number of guanidine groups is 1.